The van der Waals surface area contributed by atoms with E-state index in [9.17, 15) is 13.2 Å². The lowest BCUT2D eigenvalue weighted by Gasteiger charge is -2.26. The largest absolute Gasteiger partial charge is 0.497 e. The summed E-state index contributed by atoms with van der Waals surface area (Å²) in [5.74, 6) is -0.162. The fraction of sp³-hybridized carbons (Fsp3) is 0.278. The minimum absolute atomic E-state index is 0.00656. The highest BCUT2D eigenvalue weighted by Crippen LogP contribution is 2.35. The van der Waals surface area contributed by atoms with Crippen LogP contribution >= 0.6 is 15.9 Å². The van der Waals surface area contributed by atoms with E-state index in [0.29, 0.717) is 17.2 Å². The first-order valence-corrected chi connectivity index (χ1v) is 10.2. The molecular formula is C18H20BrNO6S. The van der Waals surface area contributed by atoms with Gasteiger partial charge in [-0.25, -0.2) is 8.42 Å². The topological polar surface area (TPSA) is 93.1 Å². The Morgan fingerprint density at radius 1 is 1.11 bits per heavy atom. The standard InChI is InChI=1S/C18H20BrNO6S/c1-25-14-7-10-16(17(12-14)26-2)20(11-3-4-18(21)22)27(23,24)15-8-5-13(19)6-9-15/h5-10,12H,3-4,11H2,1-2H3,(H,21,22). The van der Waals surface area contributed by atoms with E-state index in [1.807, 2.05) is 0 Å². The lowest BCUT2D eigenvalue weighted by molar-refractivity contribution is -0.137. The Balaban J connectivity index is 2.51. The van der Waals surface area contributed by atoms with Crippen molar-refractivity contribution in [2.75, 3.05) is 25.1 Å². The molecule has 27 heavy (non-hydrogen) atoms. The molecule has 0 atom stereocenters. The van der Waals surface area contributed by atoms with Crippen LogP contribution in [-0.2, 0) is 14.8 Å². The van der Waals surface area contributed by atoms with Crippen molar-refractivity contribution >= 4 is 37.6 Å². The van der Waals surface area contributed by atoms with Gasteiger partial charge in [0, 0.05) is 23.5 Å². The summed E-state index contributed by atoms with van der Waals surface area (Å²) in [6.45, 7) is -0.00656. The van der Waals surface area contributed by atoms with Gasteiger partial charge in [-0.15, -0.1) is 0 Å². The number of ether oxygens (including phenoxy) is 2. The van der Waals surface area contributed by atoms with Gasteiger partial charge in [0.1, 0.15) is 11.5 Å². The maximum atomic E-state index is 13.2. The minimum Gasteiger partial charge on any atom is -0.497 e. The first-order valence-electron chi connectivity index (χ1n) is 8.01. The van der Waals surface area contributed by atoms with Crippen LogP contribution in [0.25, 0.3) is 0 Å². The molecule has 0 aliphatic carbocycles. The van der Waals surface area contributed by atoms with E-state index >= 15 is 0 Å². The zero-order valence-corrected chi connectivity index (χ0v) is 17.3. The van der Waals surface area contributed by atoms with E-state index in [1.165, 1.54) is 26.4 Å². The van der Waals surface area contributed by atoms with Crippen LogP contribution in [0, 0.1) is 0 Å². The Morgan fingerprint density at radius 3 is 2.33 bits per heavy atom. The molecule has 0 bridgehead atoms. The summed E-state index contributed by atoms with van der Waals surface area (Å²) in [6, 6.07) is 11.0. The van der Waals surface area contributed by atoms with Crippen LogP contribution in [0.2, 0.25) is 0 Å². The molecule has 0 unspecified atom stereocenters. The molecule has 146 valence electrons. The maximum absolute atomic E-state index is 13.2. The Labute approximate surface area is 166 Å². The number of carboxylic acid groups (broad SMARTS) is 1. The Morgan fingerprint density at radius 2 is 1.78 bits per heavy atom. The van der Waals surface area contributed by atoms with Crippen molar-refractivity contribution in [2.24, 2.45) is 0 Å². The summed E-state index contributed by atoms with van der Waals surface area (Å²) >= 11 is 3.28. The highest BCUT2D eigenvalue weighted by Gasteiger charge is 2.27. The van der Waals surface area contributed by atoms with Gasteiger partial charge >= 0.3 is 5.97 Å². The average Bonchev–Trinajstić information content (AvgIpc) is 2.65. The summed E-state index contributed by atoms with van der Waals surface area (Å²) in [7, 11) is -0.994. The molecule has 0 heterocycles. The predicted molar refractivity (Wildman–Crippen MR) is 105 cm³/mol. The summed E-state index contributed by atoms with van der Waals surface area (Å²) in [5, 5.41) is 8.90. The van der Waals surface area contributed by atoms with Gasteiger partial charge in [0.2, 0.25) is 0 Å². The Hall–Kier alpha value is -2.26. The molecule has 0 aliphatic heterocycles. The lowest BCUT2D eigenvalue weighted by Crippen LogP contribution is -2.32. The summed E-state index contributed by atoms with van der Waals surface area (Å²) in [4.78, 5) is 11.0. The van der Waals surface area contributed by atoms with Crippen LogP contribution in [0.1, 0.15) is 12.8 Å². The van der Waals surface area contributed by atoms with E-state index in [1.54, 1.807) is 30.3 Å². The van der Waals surface area contributed by atoms with Crippen LogP contribution in [0.15, 0.2) is 51.8 Å². The first kappa shape index (κ1) is 21.0. The van der Waals surface area contributed by atoms with E-state index < -0.39 is 16.0 Å². The summed E-state index contributed by atoms with van der Waals surface area (Å²) < 4.78 is 38.8. The molecule has 7 nitrogen and oxygen atoms in total. The van der Waals surface area contributed by atoms with Crippen LogP contribution < -0.4 is 13.8 Å². The molecule has 2 rings (SSSR count). The quantitative estimate of drug-likeness (QED) is 0.618. The van der Waals surface area contributed by atoms with Crippen LogP contribution in [0.5, 0.6) is 11.5 Å². The lowest BCUT2D eigenvalue weighted by atomic mass is 10.2. The third-order valence-corrected chi connectivity index (χ3v) is 6.17. The summed E-state index contributed by atoms with van der Waals surface area (Å²) in [5.41, 5.74) is 0.312. The van der Waals surface area contributed by atoms with Crippen molar-refractivity contribution in [3.8, 4) is 11.5 Å². The van der Waals surface area contributed by atoms with Crippen molar-refractivity contribution in [3.05, 3.63) is 46.9 Å². The smallest absolute Gasteiger partial charge is 0.303 e. The number of hydrogen-bond acceptors (Lipinski definition) is 5. The minimum atomic E-state index is -3.92. The van der Waals surface area contributed by atoms with Crippen molar-refractivity contribution in [3.63, 3.8) is 0 Å². The number of rotatable bonds is 9. The van der Waals surface area contributed by atoms with E-state index in [0.717, 1.165) is 8.78 Å². The number of carboxylic acids is 1. The highest BCUT2D eigenvalue weighted by molar-refractivity contribution is 9.10. The highest BCUT2D eigenvalue weighted by atomic mass is 79.9. The second-order valence-corrected chi connectivity index (χ2v) is 8.34. The number of anilines is 1. The van der Waals surface area contributed by atoms with Gasteiger partial charge in [-0.05, 0) is 42.8 Å². The summed E-state index contributed by atoms with van der Waals surface area (Å²) in [6.07, 6.45) is 0.00506. The zero-order valence-electron chi connectivity index (χ0n) is 14.9. The predicted octanol–water partition coefficient (Wildman–Crippen LogP) is 3.53. The number of methoxy groups -OCH3 is 2. The van der Waals surface area contributed by atoms with Gasteiger partial charge in [0.05, 0.1) is 24.8 Å². The average molecular weight is 458 g/mol. The molecule has 0 aromatic heterocycles. The molecule has 9 heteroatoms. The van der Waals surface area contributed by atoms with Crippen molar-refractivity contribution < 1.29 is 27.8 Å². The molecule has 2 aromatic carbocycles. The SMILES string of the molecule is COc1ccc(N(CCCC(=O)O)S(=O)(=O)c2ccc(Br)cc2)c(OC)c1. The van der Waals surface area contributed by atoms with E-state index in [-0.39, 0.29) is 24.3 Å². The Kier molecular flexibility index (Phi) is 7.09. The molecule has 1 N–H and O–H groups in total. The van der Waals surface area contributed by atoms with Gasteiger partial charge in [-0.1, -0.05) is 15.9 Å². The normalized spacial score (nSPS) is 11.1. The van der Waals surface area contributed by atoms with Crippen LogP contribution in [0.4, 0.5) is 5.69 Å². The van der Waals surface area contributed by atoms with Crippen molar-refractivity contribution in [1.29, 1.82) is 0 Å². The third-order valence-electron chi connectivity index (χ3n) is 3.81. The van der Waals surface area contributed by atoms with Gasteiger partial charge in [0.15, 0.2) is 0 Å². The molecule has 0 saturated heterocycles. The number of benzene rings is 2. The van der Waals surface area contributed by atoms with E-state index in [4.69, 9.17) is 14.6 Å². The second kappa shape index (κ2) is 9.09. The molecule has 0 saturated carbocycles. The first-order chi connectivity index (χ1) is 12.8. The number of hydrogen-bond donors (Lipinski definition) is 1. The van der Waals surface area contributed by atoms with Crippen molar-refractivity contribution in [1.82, 2.24) is 0 Å². The van der Waals surface area contributed by atoms with Gasteiger partial charge in [-0.2, -0.15) is 0 Å². The number of nitrogens with zero attached hydrogens (tertiary/aromatic N) is 1. The molecule has 0 spiro atoms. The monoisotopic (exact) mass is 457 g/mol. The second-order valence-electron chi connectivity index (χ2n) is 5.57. The van der Waals surface area contributed by atoms with Gasteiger partial charge < -0.3 is 14.6 Å². The van der Waals surface area contributed by atoms with Crippen LogP contribution in [0.3, 0.4) is 0 Å². The molecule has 2 aromatic rings. The molecule has 0 fully saturated rings. The number of halogens is 1. The fourth-order valence-corrected chi connectivity index (χ4v) is 4.25. The number of aliphatic carboxylic acids is 1. The van der Waals surface area contributed by atoms with Crippen molar-refractivity contribution in [2.45, 2.75) is 17.7 Å². The molecular weight excluding hydrogens is 438 g/mol. The number of sulfonamides is 1. The third kappa shape index (κ3) is 5.14. The number of carbonyl (C=O) groups is 1. The molecule has 0 amide bonds. The Bertz CT molecular complexity index is 899. The fourth-order valence-electron chi connectivity index (χ4n) is 2.47. The van der Waals surface area contributed by atoms with Gasteiger partial charge in [0.25, 0.3) is 10.0 Å². The molecule has 0 aliphatic rings. The van der Waals surface area contributed by atoms with Crippen LogP contribution in [-0.4, -0.2) is 40.3 Å². The molecule has 0 radical (unpaired) electrons. The van der Waals surface area contributed by atoms with Gasteiger partial charge in [-0.3, -0.25) is 9.10 Å². The zero-order chi connectivity index (χ0) is 20.0. The maximum Gasteiger partial charge on any atom is 0.303 e. The van der Waals surface area contributed by atoms with E-state index in [2.05, 4.69) is 15.9 Å².